The molecular formula is C14H17BrN4O. The normalized spacial score (nSPS) is 22.9. The van der Waals surface area contributed by atoms with E-state index in [1.165, 1.54) is 25.7 Å². The Morgan fingerprint density at radius 1 is 1.35 bits per heavy atom. The van der Waals surface area contributed by atoms with E-state index in [2.05, 4.69) is 31.3 Å². The standard InChI is InChI=1S/C14H17BrN4O/c15-11-3-1-10(2-4-11)7-17-14(20)12-8-18-19-6-5-16-9-13(12)19/h5-6,8-11H,1-4,7H2,(H,17,20). The van der Waals surface area contributed by atoms with E-state index < -0.39 is 0 Å². The molecule has 0 aromatic carbocycles. The van der Waals surface area contributed by atoms with Gasteiger partial charge < -0.3 is 5.32 Å². The van der Waals surface area contributed by atoms with Crippen molar-refractivity contribution in [3.8, 4) is 0 Å². The van der Waals surface area contributed by atoms with Crippen LogP contribution in [0.5, 0.6) is 0 Å². The van der Waals surface area contributed by atoms with Gasteiger partial charge in [-0.3, -0.25) is 9.78 Å². The number of rotatable bonds is 3. The number of aromatic nitrogens is 3. The van der Waals surface area contributed by atoms with Gasteiger partial charge in [-0.1, -0.05) is 15.9 Å². The van der Waals surface area contributed by atoms with Crippen LogP contribution in [0.4, 0.5) is 0 Å². The Balaban J connectivity index is 1.62. The van der Waals surface area contributed by atoms with Crippen molar-refractivity contribution in [3.05, 3.63) is 30.4 Å². The van der Waals surface area contributed by atoms with Crippen LogP contribution in [0.1, 0.15) is 36.0 Å². The average molecular weight is 337 g/mol. The van der Waals surface area contributed by atoms with Crippen LogP contribution < -0.4 is 5.32 Å². The molecule has 0 bridgehead atoms. The number of hydrogen-bond donors (Lipinski definition) is 1. The molecule has 0 radical (unpaired) electrons. The minimum atomic E-state index is -0.0611. The van der Waals surface area contributed by atoms with E-state index in [9.17, 15) is 4.79 Å². The molecule has 1 aliphatic rings. The zero-order chi connectivity index (χ0) is 13.9. The summed E-state index contributed by atoms with van der Waals surface area (Å²) in [5.74, 6) is 0.529. The van der Waals surface area contributed by atoms with Crippen LogP contribution in [-0.4, -0.2) is 31.9 Å². The van der Waals surface area contributed by atoms with E-state index in [0.29, 0.717) is 16.3 Å². The topological polar surface area (TPSA) is 59.3 Å². The molecule has 1 amide bonds. The summed E-state index contributed by atoms with van der Waals surface area (Å²) < 4.78 is 1.66. The molecule has 0 aliphatic heterocycles. The van der Waals surface area contributed by atoms with Crippen molar-refractivity contribution in [2.24, 2.45) is 5.92 Å². The zero-order valence-electron chi connectivity index (χ0n) is 11.1. The molecule has 2 aromatic rings. The quantitative estimate of drug-likeness (QED) is 0.875. The van der Waals surface area contributed by atoms with Crippen LogP contribution in [-0.2, 0) is 0 Å². The number of carbonyl (C=O) groups excluding carboxylic acids is 1. The van der Waals surface area contributed by atoms with Crippen LogP contribution >= 0.6 is 15.9 Å². The van der Waals surface area contributed by atoms with Crippen LogP contribution in [0, 0.1) is 5.92 Å². The molecule has 0 spiro atoms. The van der Waals surface area contributed by atoms with E-state index in [1.807, 2.05) is 0 Å². The van der Waals surface area contributed by atoms with Crippen LogP contribution in [0.3, 0.4) is 0 Å². The van der Waals surface area contributed by atoms with Gasteiger partial charge in [0.25, 0.3) is 5.91 Å². The van der Waals surface area contributed by atoms with Crippen molar-refractivity contribution in [3.63, 3.8) is 0 Å². The number of alkyl halides is 1. The highest BCUT2D eigenvalue weighted by molar-refractivity contribution is 9.09. The lowest BCUT2D eigenvalue weighted by molar-refractivity contribution is 0.0945. The molecular weight excluding hydrogens is 320 g/mol. The third kappa shape index (κ3) is 2.85. The van der Waals surface area contributed by atoms with Crippen molar-refractivity contribution >= 4 is 27.4 Å². The Morgan fingerprint density at radius 3 is 2.95 bits per heavy atom. The highest BCUT2D eigenvalue weighted by Gasteiger charge is 2.20. The highest BCUT2D eigenvalue weighted by Crippen LogP contribution is 2.28. The zero-order valence-corrected chi connectivity index (χ0v) is 12.7. The molecule has 1 fully saturated rings. The fourth-order valence-electron chi connectivity index (χ4n) is 2.67. The van der Waals surface area contributed by atoms with E-state index >= 15 is 0 Å². The van der Waals surface area contributed by atoms with Crippen molar-refractivity contribution < 1.29 is 4.79 Å². The smallest absolute Gasteiger partial charge is 0.255 e. The molecule has 1 aliphatic carbocycles. The Bertz CT molecular complexity index is 604. The number of halogens is 1. The number of nitrogens with one attached hydrogen (secondary N) is 1. The number of carbonyl (C=O) groups is 1. The van der Waals surface area contributed by atoms with Crippen molar-refractivity contribution in [1.29, 1.82) is 0 Å². The monoisotopic (exact) mass is 336 g/mol. The first-order chi connectivity index (χ1) is 9.74. The summed E-state index contributed by atoms with van der Waals surface area (Å²) in [4.78, 5) is 16.9. The van der Waals surface area contributed by atoms with Crippen LogP contribution in [0.2, 0.25) is 0 Å². The average Bonchev–Trinajstić information content (AvgIpc) is 2.90. The third-order valence-corrected chi connectivity index (χ3v) is 4.81. The van der Waals surface area contributed by atoms with Gasteiger partial charge in [0.1, 0.15) is 0 Å². The van der Waals surface area contributed by atoms with Gasteiger partial charge in [-0.05, 0) is 31.6 Å². The molecule has 6 heteroatoms. The maximum atomic E-state index is 12.2. The summed E-state index contributed by atoms with van der Waals surface area (Å²) in [7, 11) is 0. The molecule has 20 heavy (non-hydrogen) atoms. The lowest BCUT2D eigenvalue weighted by Gasteiger charge is -2.25. The third-order valence-electron chi connectivity index (χ3n) is 3.90. The van der Waals surface area contributed by atoms with E-state index in [1.54, 1.807) is 29.3 Å². The van der Waals surface area contributed by atoms with Gasteiger partial charge in [0.15, 0.2) is 0 Å². The fraction of sp³-hybridized carbons (Fsp3) is 0.500. The summed E-state index contributed by atoms with van der Waals surface area (Å²) in [6.45, 7) is 0.746. The summed E-state index contributed by atoms with van der Waals surface area (Å²) in [6.07, 6.45) is 11.4. The first-order valence-electron chi connectivity index (χ1n) is 6.93. The highest BCUT2D eigenvalue weighted by atomic mass is 79.9. The Hall–Kier alpha value is -1.43. The molecule has 1 N–H and O–H groups in total. The molecule has 0 saturated heterocycles. The van der Waals surface area contributed by atoms with Crippen LogP contribution in [0.25, 0.3) is 5.52 Å². The van der Waals surface area contributed by atoms with Crippen molar-refractivity contribution in [2.75, 3.05) is 6.54 Å². The van der Waals surface area contributed by atoms with E-state index in [-0.39, 0.29) is 5.91 Å². The Morgan fingerprint density at radius 2 is 2.15 bits per heavy atom. The second kappa shape index (κ2) is 5.91. The minimum Gasteiger partial charge on any atom is -0.352 e. The Kier molecular flexibility index (Phi) is 4.00. The van der Waals surface area contributed by atoms with E-state index in [4.69, 9.17) is 0 Å². The number of amides is 1. The first-order valence-corrected chi connectivity index (χ1v) is 7.85. The second-order valence-corrected chi connectivity index (χ2v) is 6.59. The summed E-state index contributed by atoms with van der Waals surface area (Å²) in [5, 5.41) is 7.18. The lowest BCUT2D eigenvalue weighted by Crippen LogP contribution is -2.31. The predicted octanol–water partition coefficient (Wildman–Crippen LogP) is 2.41. The summed E-state index contributed by atoms with van der Waals surface area (Å²) in [6, 6.07) is 0. The van der Waals surface area contributed by atoms with Gasteiger partial charge in [-0.2, -0.15) is 5.10 Å². The number of hydrogen-bond acceptors (Lipinski definition) is 3. The van der Waals surface area contributed by atoms with Gasteiger partial charge in [0, 0.05) is 23.8 Å². The fourth-order valence-corrected chi connectivity index (χ4v) is 3.20. The van der Waals surface area contributed by atoms with Gasteiger partial charge in [-0.25, -0.2) is 4.52 Å². The molecule has 3 rings (SSSR count). The molecule has 2 aromatic heterocycles. The lowest BCUT2D eigenvalue weighted by atomic mass is 9.89. The maximum absolute atomic E-state index is 12.2. The van der Waals surface area contributed by atoms with Gasteiger partial charge in [0.2, 0.25) is 0 Å². The first kappa shape index (κ1) is 13.5. The molecule has 1 saturated carbocycles. The summed E-state index contributed by atoms with van der Waals surface area (Å²) >= 11 is 3.65. The predicted molar refractivity (Wildman–Crippen MR) is 80.0 cm³/mol. The van der Waals surface area contributed by atoms with Crippen LogP contribution in [0.15, 0.2) is 24.8 Å². The number of nitrogens with zero attached hydrogens (tertiary/aromatic N) is 3. The van der Waals surface area contributed by atoms with Gasteiger partial charge >= 0.3 is 0 Å². The maximum Gasteiger partial charge on any atom is 0.255 e. The Labute approximate surface area is 125 Å². The van der Waals surface area contributed by atoms with E-state index in [0.717, 1.165) is 12.1 Å². The number of fused-ring (bicyclic) bond motifs is 1. The second-order valence-electron chi connectivity index (χ2n) is 5.29. The van der Waals surface area contributed by atoms with Gasteiger partial charge in [0.05, 0.1) is 23.5 Å². The molecule has 2 heterocycles. The summed E-state index contributed by atoms with van der Waals surface area (Å²) in [5.41, 5.74) is 1.33. The molecule has 0 unspecified atom stereocenters. The van der Waals surface area contributed by atoms with Gasteiger partial charge in [-0.15, -0.1) is 0 Å². The SMILES string of the molecule is O=C(NCC1CCC(Br)CC1)c1cnn2ccncc12. The molecule has 0 atom stereocenters. The van der Waals surface area contributed by atoms with Crippen molar-refractivity contribution in [2.45, 2.75) is 30.5 Å². The minimum absolute atomic E-state index is 0.0611. The molecule has 5 nitrogen and oxygen atoms in total. The largest absolute Gasteiger partial charge is 0.352 e. The molecule has 106 valence electrons. The van der Waals surface area contributed by atoms with Crippen molar-refractivity contribution in [1.82, 2.24) is 19.9 Å².